The van der Waals surface area contributed by atoms with E-state index in [0.717, 1.165) is 22.6 Å². The molecule has 0 radical (unpaired) electrons. The van der Waals surface area contributed by atoms with E-state index < -0.39 is 0 Å². The molecule has 0 aliphatic rings. The number of anilines is 4. The zero-order valence-electron chi connectivity index (χ0n) is 20.1. The first-order valence-corrected chi connectivity index (χ1v) is 11.8. The first-order chi connectivity index (χ1) is 17.0. The standard InChI is InChI=1S/C30H28N4O/c1-20(2)22-14-16-24(17-15-22)31-27-18-21(3)29-26(35)19-28(32-23-10-6-4-7-11-23)34(30(29)33-27)25-12-8-5-9-13-25/h4-20,32H,1-3H3,(H,31,33). The van der Waals surface area contributed by atoms with E-state index in [1.165, 1.54) is 5.56 Å². The highest BCUT2D eigenvalue weighted by atomic mass is 16.1. The first-order valence-electron chi connectivity index (χ1n) is 11.8. The Hall–Kier alpha value is -4.38. The molecule has 0 saturated heterocycles. The molecule has 2 N–H and O–H groups in total. The molecule has 0 bridgehead atoms. The second kappa shape index (κ2) is 9.47. The number of para-hydroxylation sites is 2. The van der Waals surface area contributed by atoms with Crippen LogP contribution >= 0.6 is 0 Å². The summed E-state index contributed by atoms with van der Waals surface area (Å²) in [5.41, 5.74) is 5.46. The molecule has 5 heteroatoms. The van der Waals surface area contributed by atoms with Crippen LogP contribution in [0.5, 0.6) is 0 Å². The summed E-state index contributed by atoms with van der Waals surface area (Å²) >= 11 is 0. The Kier molecular flexibility index (Phi) is 6.06. The summed E-state index contributed by atoms with van der Waals surface area (Å²) in [4.78, 5) is 18.2. The molecule has 0 amide bonds. The van der Waals surface area contributed by atoms with Gasteiger partial charge in [-0.25, -0.2) is 4.98 Å². The monoisotopic (exact) mass is 460 g/mol. The zero-order chi connectivity index (χ0) is 24.4. The molecule has 0 spiro atoms. The second-order valence-corrected chi connectivity index (χ2v) is 8.98. The van der Waals surface area contributed by atoms with Gasteiger partial charge in [0.25, 0.3) is 0 Å². The minimum Gasteiger partial charge on any atom is -0.341 e. The minimum atomic E-state index is -0.0663. The lowest BCUT2D eigenvalue weighted by Gasteiger charge is -2.19. The molecule has 5 nitrogen and oxygen atoms in total. The summed E-state index contributed by atoms with van der Waals surface area (Å²) in [6.07, 6.45) is 0. The molecule has 0 fully saturated rings. The van der Waals surface area contributed by atoms with Crippen molar-refractivity contribution >= 4 is 34.0 Å². The number of aromatic nitrogens is 2. The average molecular weight is 461 g/mol. The molecule has 0 aliphatic heterocycles. The van der Waals surface area contributed by atoms with Crippen molar-refractivity contribution in [3.05, 3.63) is 118 Å². The number of rotatable bonds is 6. The molecular weight excluding hydrogens is 432 g/mol. The average Bonchev–Trinajstić information content (AvgIpc) is 2.85. The maximum Gasteiger partial charge on any atom is 0.193 e. The van der Waals surface area contributed by atoms with E-state index >= 15 is 0 Å². The highest BCUT2D eigenvalue weighted by molar-refractivity contribution is 5.85. The molecule has 5 rings (SSSR count). The number of benzene rings is 3. The first kappa shape index (κ1) is 22.4. The van der Waals surface area contributed by atoms with E-state index in [0.29, 0.717) is 28.6 Å². The lowest BCUT2D eigenvalue weighted by atomic mass is 10.0. The third kappa shape index (κ3) is 4.66. The fraction of sp³-hybridized carbons (Fsp3) is 0.133. The van der Waals surface area contributed by atoms with Crippen LogP contribution in [-0.2, 0) is 0 Å². The molecule has 0 saturated carbocycles. The number of fused-ring (bicyclic) bond motifs is 1. The molecule has 35 heavy (non-hydrogen) atoms. The topological polar surface area (TPSA) is 59.0 Å². The summed E-state index contributed by atoms with van der Waals surface area (Å²) in [5.74, 6) is 1.82. The third-order valence-electron chi connectivity index (χ3n) is 6.07. The molecule has 3 aromatic carbocycles. The normalized spacial score (nSPS) is 11.1. The van der Waals surface area contributed by atoms with Gasteiger partial charge in [-0.05, 0) is 66.4 Å². The SMILES string of the molecule is Cc1cc(Nc2ccc(C(C)C)cc2)nc2c1c(=O)cc(Nc1ccccc1)n2-c1ccccc1. The van der Waals surface area contributed by atoms with Crippen molar-refractivity contribution in [2.75, 3.05) is 10.6 Å². The summed E-state index contributed by atoms with van der Waals surface area (Å²) in [6.45, 7) is 6.32. The van der Waals surface area contributed by atoms with Crippen molar-refractivity contribution in [1.29, 1.82) is 0 Å². The van der Waals surface area contributed by atoms with E-state index in [2.05, 4.69) is 48.7 Å². The Labute approximate surface area is 205 Å². The van der Waals surface area contributed by atoms with Gasteiger partial charge in [-0.15, -0.1) is 0 Å². The smallest absolute Gasteiger partial charge is 0.193 e. The Morgan fingerprint density at radius 1 is 0.771 bits per heavy atom. The van der Waals surface area contributed by atoms with E-state index in [1.807, 2.05) is 78.2 Å². The van der Waals surface area contributed by atoms with Crippen LogP contribution in [0.15, 0.2) is 102 Å². The lowest BCUT2D eigenvalue weighted by Crippen LogP contribution is -2.15. The maximum atomic E-state index is 13.3. The number of hydrogen-bond donors (Lipinski definition) is 2. The molecule has 0 aliphatic carbocycles. The van der Waals surface area contributed by atoms with Crippen molar-refractivity contribution in [3.8, 4) is 5.69 Å². The lowest BCUT2D eigenvalue weighted by molar-refractivity contribution is 0.867. The quantitative estimate of drug-likeness (QED) is 0.279. The van der Waals surface area contributed by atoms with E-state index in [9.17, 15) is 4.79 Å². The van der Waals surface area contributed by atoms with Gasteiger partial charge in [-0.1, -0.05) is 62.4 Å². The zero-order valence-corrected chi connectivity index (χ0v) is 20.1. The molecule has 0 unspecified atom stereocenters. The molecule has 0 atom stereocenters. The highest BCUT2D eigenvalue weighted by Gasteiger charge is 2.16. The molecule has 2 aromatic heterocycles. The third-order valence-corrected chi connectivity index (χ3v) is 6.07. The van der Waals surface area contributed by atoms with Crippen LogP contribution in [0.1, 0.15) is 30.9 Å². The van der Waals surface area contributed by atoms with Gasteiger partial charge in [0.05, 0.1) is 5.39 Å². The molecular formula is C30H28N4O. The van der Waals surface area contributed by atoms with Gasteiger partial charge in [0.2, 0.25) is 0 Å². The van der Waals surface area contributed by atoms with Crippen LogP contribution in [-0.4, -0.2) is 9.55 Å². The van der Waals surface area contributed by atoms with Gasteiger partial charge in [-0.2, -0.15) is 0 Å². The second-order valence-electron chi connectivity index (χ2n) is 8.98. The predicted octanol–water partition coefficient (Wildman–Crippen LogP) is 7.30. The van der Waals surface area contributed by atoms with Crippen molar-refractivity contribution < 1.29 is 0 Å². The number of aryl methyl sites for hydroxylation is 1. The minimum absolute atomic E-state index is 0.0663. The van der Waals surface area contributed by atoms with E-state index in [4.69, 9.17) is 4.98 Å². The summed E-state index contributed by atoms with van der Waals surface area (Å²) in [6, 6.07) is 31.8. The van der Waals surface area contributed by atoms with Crippen LogP contribution in [0, 0.1) is 6.92 Å². The van der Waals surface area contributed by atoms with Gasteiger partial charge < -0.3 is 10.6 Å². The Balaban J connectivity index is 1.68. The van der Waals surface area contributed by atoms with Gasteiger partial charge in [-0.3, -0.25) is 9.36 Å². The highest BCUT2D eigenvalue weighted by Crippen LogP contribution is 2.28. The summed E-state index contributed by atoms with van der Waals surface area (Å²) in [5, 5.41) is 7.44. The number of nitrogens with zero attached hydrogens (tertiary/aromatic N) is 2. The number of pyridine rings is 2. The Morgan fingerprint density at radius 2 is 1.40 bits per heavy atom. The van der Waals surface area contributed by atoms with Gasteiger partial charge in [0, 0.05) is 23.1 Å². The molecule has 174 valence electrons. The Morgan fingerprint density at radius 3 is 2.06 bits per heavy atom. The maximum absolute atomic E-state index is 13.3. The molecule has 5 aromatic rings. The Bertz CT molecular complexity index is 1520. The molecule has 2 heterocycles. The predicted molar refractivity (Wildman–Crippen MR) is 146 cm³/mol. The summed E-state index contributed by atoms with van der Waals surface area (Å²) in [7, 11) is 0. The van der Waals surface area contributed by atoms with Crippen molar-refractivity contribution in [2.45, 2.75) is 26.7 Å². The fourth-order valence-corrected chi connectivity index (χ4v) is 4.26. The van der Waals surface area contributed by atoms with Crippen molar-refractivity contribution in [3.63, 3.8) is 0 Å². The van der Waals surface area contributed by atoms with Crippen LogP contribution in [0.4, 0.5) is 23.0 Å². The van der Waals surface area contributed by atoms with Crippen LogP contribution < -0.4 is 16.1 Å². The van der Waals surface area contributed by atoms with Gasteiger partial charge >= 0.3 is 0 Å². The van der Waals surface area contributed by atoms with E-state index in [1.54, 1.807) is 6.07 Å². The van der Waals surface area contributed by atoms with Crippen LogP contribution in [0.25, 0.3) is 16.7 Å². The fourth-order valence-electron chi connectivity index (χ4n) is 4.26. The van der Waals surface area contributed by atoms with E-state index in [-0.39, 0.29) is 5.43 Å². The van der Waals surface area contributed by atoms with Gasteiger partial charge in [0.1, 0.15) is 11.6 Å². The number of nitrogens with one attached hydrogen (secondary N) is 2. The summed E-state index contributed by atoms with van der Waals surface area (Å²) < 4.78 is 2.00. The van der Waals surface area contributed by atoms with Crippen molar-refractivity contribution in [2.24, 2.45) is 0 Å². The largest absolute Gasteiger partial charge is 0.341 e. The number of hydrogen-bond acceptors (Lipinski definition) is 4. The van der Waals surface area contributed by atoms with Crippen LogP contribution in [0.3, 0.4) is 0 Å². The van der Waals surface area contributed by atoms with Gasteiger partial charge in [0.15, 0.2) is 11.1 Å². The van der Waals surface area contributed by atoms with Crippen LogP contribution in [0.2, 0.25) is 0 Å². The van der Waals surface area contributed by atoms with Crippen molar-refractivity contribution in [1.82, 2.24) is 9.55 Å².